The number of aromatic nitrogens is 4. The van der Waals surface area contributed by atoms with Crippen LogP contribution in [0.15, 0.2) is 66.1 Å². The number of anilines is 1. The molecule has 8 heteroatoms. The van der Waals surface area contributed by atoms with E-state index in [0.717, 1.165) is 39.4 Å². The van der Waals surface area contributed by atoms with Crippen LogP contribution in [-0.2, 0) is 7.05 Å². The van der Waals surface area contributed by atoms with Crippen LogP contribution in [0.1, 0.15) is 15.9 Å². The van der Waals surface area contributed by atoms with Crippen LogP contribution in [0.3, 0.4) is 0 Å². The molecule has 1 amide bonds. The summed E-state index contributed by atoms with van der Waals surface area (Å²) in [5.41, 5.74) is 4.68. The van der Waals surface area contributed by atoms with Gasteiger partial charge in [-0.15, -0.1) is 10.2 Å². The van der Waals surface area contributed by atoms with Gasteiger partial charge in [-0.1, -0.05) is 36.0 Å². The molecule has 31 heavy (non-hydrogen) atoms. The quantitative estimate of drug-likeness (QED) is 0.450. The molecule has 1 N–H and O–H groups in total. The zero-order chi connectivity index (χ0) is 22.0. The molecule has 0 bridgehead atoms. The highest BCUT2D eigenvalue weighted by atomic mass is 32.2. The Morgan fingerprint density at radius 3 is 2.48 bits per heavy atom. The number of hydrogen-bond acceptors (Lipinski definition) is 5. The summed E-state index contributed by atoms with van der Waals surface area (Å²) in [5.74, 6) is -0.371. The first-order valence-electron chi connectivity index (χ1n) is 9.53. The predicted molar refractivity (Wildman–Crippen MR) is 121 cm³/mol. The number of benzene rings is 2. The minimum Gasteiger partial charge on any atom is -0.322 e. The second-order valence-corrected chi connectivity index (χ2v) is 7.76. The van der Waals surface area contributed by atoms with Crippen LogP contribution < -0.4 is 5.32 Å². The number of hydrogen-bond donors (Lipinski definition) is 1. The molecule has 0 aliphatic rings. The summed E-state index contributed by atoms with van der Waals surface area (Å²) in [6.45, 7) is 2.05. The molecule has 2 aromatic heterocycles. The summed E-state index contributed by atoms with van der Waals surface area (Å²) in [7, 11) is 1.95. The van der Waals surface area contributed by atoms with Crippen LogP contribution in [0, 0.1) is 12.7 Å². The highest BCUT2D eigenvalue weighted by Gasteiger charge is 2.14. The average molecular weight is 434 g/mol. The molecule has 0 saturated carbocycles. The Hall–Kier alpha value is -3.52. The van der Waals surface area contributed by atoms with Gasteiger partial charge in [0.2, 0.25) is 0 Å². The lowest BCUT2D eigenvalue weighted by Crippen LogP contribution is -2.13. The van der Waals surface area contributed by atoms with E-state index in [1.54, 1.807) is 23.9 Å². The molecule has 0 fully saturated rings. The fourth-order valence-corrected chi connectivity index (χ4v) is 3.79. The summed E-state index contributed by atoms with van der Waals surface area (Å²) in [6, 6.07) is 15.0. The molecule has 4 rings (SSSR count). The Morgan fingerprint density at radius 2 is 1.81 bits per heavy atom. The third-order valence-corrected chi connectivity index (χ3v) is 5.70. The zero-order valence-corrected chi connectivity index (χ0v) is 18.1. The van der Waals surface area contributed by atoms with Crippen molar-refractivity contribution in [2.45, 2.75) is 12.1 Å². The summed E-state index contributed by atoms with van der Waals surface area (Å²) in [5, 5.41) is 12.1. The number of pyridine rings is 1. The number of carbonyl (C=O) groups is 1. The number of nitrogens with one attached hydrogen (secondary N) is 1. The molecule has 4 aromatic rings. The van der Waals surface area contributed by atoms with Crippen LogP contribution >= 0.6 is 11.8 Å². The molecular formula is C23H20FN5OS. The van der Waals surface area contributed by atoms with Gasteiger partial charge in [0, 0.05) is 24.5 Å². The molecule has 0 spiro atoms. The third-order valence-electron chi connectivity index (χ3n) is 4.98. The largest absolute Gasteiger partial charge is 0.322 e. The summed E-state index contributed by atoms with van der Waals surface area (Å²) in [6.07, 6.45) is 4.38. The van der Waals surface area contributed by atoms with E-state index in [-0.39, 0.29) is 5.56 Å². The van der Waals surface area contributed by atoms with Crippen molar-refractivity contribution in [1.82, 2.24) is 19.7 Å². The average Bonchev–Trinajstić information content (AvgIpc) is 3.15. The Kier molecular flexibility index (Phi) is 5.81. The van der Waals surface area contributed by atoms with E-state index in [2.05, 4.69) is 32.6 Å². The van der Waals surface area contributed by atoms with Crippen molar-refractivity contribution in [3.05, 3.63) is 77.9 Å². The second kappa shape index (κ2) is 8.69. The van der Waals surface area contributed by atoms with Crippen LogP contribution in [-0.4, -0.2) is 31.9 Å². The van der Waals surface area contributed by atoms with Crippen LogP contribution in [0.2, 0.25) is 0 Å². The lowest BCUT2D eigenvalue weighted by atomic mass is 9.97. The standard InChI is InChI=1S/C23H20FN5OS/c1-14-4-5-16(21-27-28-23(31-3)29(21)2)12-19(14)15-6-8-17(9-7-15)26-22(30)18-10-11-25-13-20(18)24/h4-13H,1-3H3,(H,26,30). The molecule has 0 atom stereocenters. The molecule has 2 aromatic carbocycles. The monoisotopic (exact) mass is 433 g/mol. The Morgan fingerprint density at radius 1 is 1.06 bits per heavy atom. The fraction of sp³-hybridized carbons (Fsp3) is 0.130. The molecular weight excluding hydrogens is 413 g/mol. The van der Waals surface area contributed by atoms with E-state index in [0.29, 0.717) is 5.69 Å². The van der Waals surface area contributed by atoms with E-state index < -0.39 is 11.7 Å². The number of aryl methyl sites for hydroxylation is 1. The Labute approximate surface area is 183 Å². The van der Waals surface area contributed by atoms with Gasteiger partial charge < -0.3 is 9.88 Å². The minimum absolute atomic E-state index is 0.0455. The molecule has 0 aliphatic heterocycles. The highest BCUT2D eigenvalue weighted by Crippen LogP contribution is 2.30. The smallest absolute Gasteiger partial charge is 0.258 e. The van der Waals surface area contributed by atoms with E-state index >= 15 is 0 Å². The van der Waals surface area contributed by atoms with Gasteiger partial charge in [-0.25, -0.2) is 4.39 Å². The van der Waals surface area contributed by atoms with Crippen molar-refractivity contribution < 1.29 is 9.18 Å². The van der Waals surface area contributed by atoms with Crippen molar-refractivity contribution in [3.8, 4) is 22.5 Å². The van der Waals surface area contributed by atoms with Gasteiger partial charge in [0.05, 0.1) is 11.8 Å². The van der Waals surface area contributed by atoms with Gasteiger partial charge >= 0.3 is 0 Å². The van der Waals surface area contributed by atoms with Crippen molar-refractivity contribution >= 4 is 23.4 Å². The topological polar surface area (TPSA) is 72.7 Å². The number of nitrogens with zero attached hydrogens (tertiary/aromatic N) is 4. The first-order valence-corrected chi connectivity index (χ1v) is 10.8. The molecule has 6 nitrogen and oxygen atoms in total. The SMILES string of the molecule is CSc1nnc(-c2ccc(C)c(-c3ccc(NC(=O)c4ccncc4F)cc3)c2)n1C. The number of amides is 1. The van der Waals surface area contributed by atoms with Gasteiger partial charge in [0.1, 0.15) is 0 Å². The molecule has 156 valence electrons. The Bertz CT molecular complexity index is 1250. The minimum atomic E-state index is -0.655. The van der Waals surface area contributed by atoms with Crippen LogP contribution in [0.4, 0.5) is 10.1 Å². The van der Waals surface area contributed by atoms with Crippen molar-refractivity contribution in [3.63, 3.8) is 0 Å². The lowest BCUT2D eigenvalue weighted by Gasteiger charge is -2.11. The van der Waals surface area contributed by atoms with Gasteiger partial charge in [0.15, 0.2) is 16.8 Å². The van der Waals surface area contributed by atoms with E-state index in [1.165, 1.54) is 12.3 Å². The van der Waals surface area contributed by atoms with E-state index in [9.17, 15) is 9.18 Å². The van der Waals surface area contributed by atoms with Crippen molar-refractivity contribution in [1.29, 1.82) is 0 Å². The molecule has 0 aliphatic carbocycles. The van der Waals surface area contributed by atoms with E-state index in [4.69, 9.17) is 0 Å². The van der Waals surface area contributed by atoms with Gasteiger partial charge in [0.25, 0.3) is 5.91 Å². The van der Waals surface area contributed by atoms with Crippen molar-refractivity contribution in [2.75, 3.05) is 11.6 Å². The molecule has 2 heterocycles. The zero-order valence-electron chi connectivity index (χ0n) is 17.3. The van der Waals surface area contributed by atoms with Crippen LogP contribution in [0.25, 0.3) is 22.5 Å². The second-order valence-electron chi connectivity index (χ2n) is 6.99. The number of rotatable bonds is 5. The molecule has 0 radical (unpaired) electrons. The van der Waals surface area contributed by atoms with Gasteiger partial charge in [-0.05, 0) is 54.1 Å². The summed E-state index contributed by atoms with van der Waals surface area (Å²) >= 11 is 1.55. The fourth-order valence-electron chi connectivity index (χ4n) is 3.31. The van der Waals surface area contributed by atoms with E-state index in [1.807, 2.05) is 43.0 Å². The third kappa shape index (κ3) is 4.20. The maximum Gasteiger partial charge on any atom is 0.258 e. The predicted octanol–water partition coefficient (Wildman–Crippen LogP) is 4.97. The number of thioether (sulfide) groups is 1. The maximum absolute atomic E-state index is 13.8. The Balaban J connectivity index is 1.60. The highest BCUT2D eigenvalue weighted by molar-refractivity contribution is 7.98. The van der Waals surface area contributed by atoms with Gasteiger partial charge in [-0.2, -0.15) is 0 Å². The first-order chi connectivity index (χ1) is 15.0. The van der Waals surface area contributed by atoms with Crippen LogP contribution in [0.5, 0.6) is 0 Å². The maximum atomic E-state index is 13.8. The molecule has 0 unspecified atom stereocenters. The van der Waals surface area contributed by atoms with Crippen molar-refractivity contribution in [2.24, 2.45) is 7.05 Å². The first kappa shape index (κ1) is 20.7. The number of carbonyl (C=O) groups excluding carboxylic acids is 1. The number of halogens is 1. The summed E-state index contributed by atoms with van der Waals surface area (Å²) in [4.78, 5) is 16.0. The lowest BCUT2D eigenvalue weighted by molar-refractivity contribution is 0.102. The molecule has 0 saturated heterocycles. The summed E-state index contributed by atoms with van der Waals surface area (Å²) < 4.78 is 15.7. The normalized spacial score (nSPS) is 10.8. The van der Waals surface area contributed by atoms with Gasteiger partial charge in [-0.3, -0.25) is 9.78 Å².